The van der Waals surface area contributed by atoms with Crippen molar-refractivity contribution in [3.63, 3.8) is 0 Å². The molecule has 18 heavy (non-hydrogen) atoms. The van der Waals surface area contributed by atoms with Crippen LogP contribution in [0.3, 0.4) is 0 Å². The van der Waals surface area contributed by atoms with Crippen molar-refractivity contribution in [3.8, 4) is 0 Å². The second-order valence-corrected chi connectivity index (χ2v) is 4.57. The predicted molar refractivity (Wildman–Crippen MR) is 70.3 cm³/mol. The van der Waals surface area contributed by atoms with Crippen LogP contribution in [0.5, 0.6) is 0 Å². The fourth-order valence-corrected chi connectivity index (χ4v) is 2.28. The number of aromatic nitrogens is 2. The van der Waals surface area contributed by atoms with Gasteiger partial charge in [-0.25, -0.2) is 4.68 Å². The predicted octanol–water partition coefficient (Wildman–Crippen LogP) is -0.313. The summed E-state index contributed by atoms with van der Waals surface area (Å²) in [6.07, 6.45) is 1.60. The van der Waals surface area contributed by atoms with E-state index in [2.05, 4.69) is 15.3 Å². The zero-order chi connectivity index (χ0) is 13.1. The number of aliphatic hydroxyl groups is 1. The number of rotatable bonds is 5. The zero-order valence-corrected chi connectivity index (χ0v) is 11.0. The van der Waals surface area contributed by atoms with Crippen LogP contribution < -0.4 is 15.8 Å². The first-order chi connectivity index (χ1) is 8.69. The van der Waals surface area contributed by atoms with Gasteiger partial charge >= 0.3 is 0 Å². The summed E-state index contributed by atoms with van der Waals surface area (Å²) in [6, 6.07) is 0.363. The summed E-state index contributed by atoms with van der Waals surface area (Å²) in [4.78, 5) is 14.0. The number of likely N-dealkylation sites (N-methyl/N-ethyl adjacent to an activating group) is 1. The summed E-state index contributed by atoms with van der Waals surface area (Å²) in [5.74, 6) is 0. The molecule has 0 bridgehead atoms. The van der Waals surface area contributed by atoms with E-state index >= 15 is 0 Å². The molecule has 1 aliphatic heterocycles. The highest BCUT2D eigenvalue weighted by molar-refractivity contribution is 6.33. The van der Waals surface area contributed by atoms with Crippen molar-refractivity contribution >= 4 is 17.3 Å². The highest BCUT2D eigenvalue weighted by Crippen LogP contribution is 2.24. The third-order valence-electron chi connectivity index (χ3n) is 3.13. The molecule has 1 aromatic heterocycles. The molecule has 0 saturated carbocycles. The smallest absolute Gasteiger partial charge is 0.287 e. The van der Waals surface area contributed by atoms with Crippen LogP contribution in [-0.4, -0.2) is 47.2 Å². The van der Waals surface area contributed by atoms with Gasteiger partial charge in [0, 0.05) is 19.6 Å². The third-order valence-corrected chi connectivity index (χ3v) is 3.48. The molecule has 6 nitrogen and oxygen atoms in total. The molecule has 1 saturated heterocycles. The topological polar surface area (TPSA) is 70.4 Å². The lowest BCUT2D eigenvalue weighted by Gasteiger charge is -2.39. The molecule has 0 aromatic carbocycles. The van der Waals surface area contributed by atoms with E-state index in [0.29, 0.717) is 11.7 Å². The van der Waals surface area contributed by atoms with Crippen molar-refractivity contribution in [1.82, 2.24) is 15.1 Å². The molecule has 0 atom stereocenters. The van der Waals surface area contributed by atoms with Gasteiger partial charge in [-0.1, -0.05) is 11.6 Å². The average molecular weight is 273 g/mol. The maximum Gasteiger partial charge on any atom is 0.287 e. The van der Waals surface area contributed by atoms with Crippen molar-refractivity contribution in [2.75, 3.05) is 31.1 Å². The van der Waals surface area contributed by atoms with E-state index in [-0.39, 0.29) is 23.7 Å². The Kier molecular flexibility index (Phi) is 4.21. The van der Waals surface area contributed by atoms with Crippen molar-refractivity contribution in [2.24, 2.45) is 0 Å². The highest BCUT2D eigenvalue weighted by atomic mass is 35.5. The van der Waals surface area contributed by atoms with Gasteiger partial charge in [0.15, 0.2) is 0 Å². The Bertz CT molecular complexity index is 473. The molecule has 7 heteroatoms. The number of nitrogens with one attached hydrogen (secondary N) is 1. The minimum absolute atomic E-state index is 0.132. The van der Waals surface area contributed by atoms with E-state index in [1.54, 1.807) is 6.20 Å². The van der Waals surface area contributed by atoms with Crippen molar-refractivity contribution in [3.05, 3.63) is 21.6 Å². The Balaban J connectivity index is 2.32. The standard InChI is InChI=1S/C11H17ClN4O2/c1-2-15(8-5-13-6-8)9-7-14-16(3-4-17)11(18)10(9)12/h7-8,13,17H,2-6H2,1H3. The van der Waals surface area contributed by atoms with Gasteiger partial charge in [0.05, 0.1) is 31.1 Å². The van der Waals surface area contributed by atoms with Crippen LogP contribution in [0, 0.1) is 0 Å². The van der Waals surface area contributed by atoms with Gasteiger partial charge in [-0.05, 0) is 6.92 Å². The molecule has 1 aromatic rings. The number of nitrogens with zero attached hydrogens (tertiary/aromatic N) is 3. The van der Waals surface area contributed by atoms with Crippen LogP contribution in [0.25, 0.3) is 0 Å². The van der Waals surface area contributed by atoms with Crippen LogP contribution in [-0.2, 0) is 6.54 Å². The van der Waals surface area contributed by atoms with Crippen LogP contribution in [0.2, 0.25) is 5.02 Å². The van der Waals surface area contributed by atoms with E-state index < -0.39 is 0 Å². The van der Waals surface area contributed by atoms with Gasteiger partial charge in [0.25, 0.3) is 5.56 Å². The molecule has 2 rings (SSSR count). The normalized spacial score (nSPS) is 15.5. The summed E-state index contributed by atoms with van der Waals surface area (Å²) < 4.78 is 1.18. The molecule has 1 aliphatic rings. The van der Waals surface area contributed by atoms with Crippen molar-refractivity contribution < 1.29 is 5.11 Å². The molecule has 1 fully saturated rings. The molecule has 0 amide bonds. The van der Waals surface area contributed by atoms with Crippen LogP contribution >= 0.6 is 11.6 Å². The summed E-state index contributed by atoms with van der Waals surface area (Å²) >= 11 is 6.12. The lowest BCUT2D eigenvalue weighted by Crippen LogP contribution is -2.57. The minimum Gasteiger partial charge on any atom is -0.394 e. The quantitative estimate of drug-likeness (QED) is 0.769. The molecule has 0 aliphatic carbocycles. The molecule has 0 unspecified atom stereocenters. The van der Waals surface area contributed by atoms with Crippen molar-refractivity contribution in [1.29, 1.82) is 0 Å². The van der Waals surface area contributed by atoms with Gasteiger partial charge < -0.3 is 15.3 Å². The first kappa shape index (κ1) is 13.3. The first-order valence-corrected chi connectivity index (χ1v) is 6.40. The number of hydrogen-bond acceptors (Lipinski definition) is 5. The fourth-order valence-electron chi connectivity index (χ4n) is 2.03. The van der Waals surface area contributed by atoms with Gasteiger partial charge in [0.2, 0.25) is 0 Å². The van der Waals surface area contributed by atoms with E-state index in [9.17, 15) is 4.79 Å². The number of aliphatic hydroxyl groups excluding tert-OH is 1. The van der Waals surface area contributed by atoms with E-state index in [1.807, 2.05) is 6.92 Å². The van der Waals surface area contributed by atoms with Gasteiger partial charge in [-0.3, -0.25) is 4.79 Å². The summed E-state index contributed by atoms with van der Waals surface area (Å²) in [5, 5.41) is 16.2. The third kappa shape index (κ3) is 2.36. The maximum absolute atomic E-state index is 11.9. The van der Waals surface area contributed by atoms with E-state index in [0.717, 1.165) is 19.6 Å². The largest absolute Gasteiger partial charge is 0.394 e. The zero-order valence-electron chi connectivity index (χ0n) is 10.3. The molecule has 100 valence electrons. The van der Waals surface area contributed by atoms with E-state index in [1.165, 1.54) is 4.68 Å². The Labute approximate surface area is 110 Å². The van der Waals surface area contributed by atoms with Crippen LogP contribution in [0.1, 0.15) is 6.92 Å². The summed E-state index contributed by atoms with van der Waals surface area (Å²) in [5.41, 5.74) is 0.318. The second kappa shape index (κ2) is 5.69. The SMILES string of the molecule is CCN(c1cnn(CCO)c(=O)c1Cl)C1CNC1. The number of anilines is 1. The molecular formula is C11H17ClN4O2. The number of halogens is 1. The fraction of sp³-hybridized carbons (Fsp3) is 0.636. The Hall–Kier alpha value is -1.11. The molecular weight excluding hydrogens is 256 g/mol. The molecule has 2 heterocycles. The molecule has 2 N–H and O–H groups in total. The lowest BCUT2D eigenvalue weighted by atomic mass is 10.1. The van der Waals surface area contributed by atoms with Gasteiger partial charge in [0.1, 0.15) is 5.02 Å². The van der Waals surface area contributed by atoms with Crippen LogP contribution in [0.15, 0.2) is 11.0 Å². The van der Waals surface area contributed by atoms with Crippen molar-refractivity contribution in [2.45, 2.75) is 19.5 Å². The first-order valence-electron chi connectivity index (χ1n) is 6.02. The molecule has 0 radical (unpaired) electrons. The lowest BCUT2D eigenvalue weighted by molar-refractivity contribution is 0.266. The van der Waals surface area contributed by atoms with Crippen LogP contribution in [0.4, 0.5) is 5.69 Å². The highest BCUT2D eigenvalue weighted by Gasteiger charge is 2.26. The monoisotopic (exact) mass is 272 g/mol. The second-order valence-electron chi connectivity index (χ2n) is 4.19. The minimum atomic E-state index is -0.353. The van der Waals surface area contributed by atoms with Gasteiger partial charge in [-0.15, -0.1) is 0 Å². The molecule has 0 spiro atoms. The Morgan fingerprint density at radius 1 is 1.67 bits per heavy atom. The number of hydrogen-bond donors (Lipinski definition) is 2. The summed E-state index contributed by atoms with van der Waals surface area (Å²) in [7, 11) is 0. The summed E-state index contributed by atoms with van der Waals surface area (Å²) in [6.45, 7) is 4.61. The Morgan fingerprint density at radius 3 is 2.89 bits per heavy atom. The maximum atomic E-state index is 11.9. The van der Waals surface area contributed by atoms with Gasteiger partial charge in [-0.2, -0.15) is 5.10 Å². The average Bonchev–Trinajstić information content (AvgIpc) is 2.31. The van der Waals surface area contributed by atoms with E-state index in [4.69, 9.17) is 16.7 Å². The Morgan fingerprint density at radius 2 is 2.39 bits per heavy atom.